The molecule has 0 saturated carbocycles. The van der Waals surface area contributed by atoms with E-state index in [2.05, 4.69) is 13.5 Å². The highest BCUT2D eigenvalue weighted by molar-refractivity contribution is 5.87. The van der Waals surface area contributed by atoms with Crippen molar-refractivity contribution in [3.63, 3.8) is 0 Å². The highest BCUT2D eigenvalue weighted by Crippen LogP contribution is 2.42. The van der Waals surface area contributed by atoms with Gasteiger partial charge in [-0.2, -0.15) is 0 Å². The third-order valence-electron chi connectivity index (χ3n) is 3.78. The molecule has 2 aliphatic rings. The standard InChI is InChI=1S/C14H22O5/c1-5-13(8-17-13)7-16-9-14(6-2)12(19-14)18-11(15)10(3)4/h12H,3,5-9H2,1-2,4H3. The molecule has 2 fully saturated rings. The van der Waals surface area contributed by atoms with Crippen LogP contribution < -0.4 is 0 Å². The van der Waals surface area contributed by atoms with Crippen molar-refractivity contribution in [2.24, 2.45) is 0 Å². The number of ether oxygens (including phenoxy) is 4. The fourth-order valence-corrected chi connectivity index (χ4v) is 1.86. The van der Waals surface area contributed by atoms with Crippen LogP contribution in [-0.4, -0.2) is 43.3 Å². The second kappa shape index (κ2) is 5.23. The summed E-state index contributed by atoms with van der Waals surface area (Å²) in [6.07, 6.45) is 1.17. The van der Waals surface area contributed by atoms with Crippen molar-refractivity contribution in [1.82, 2.24) is 0 Å². The van der Waals surface area contributed by atoms with E-state index in [0.29, 0.717) is 18.8 Å². The Labute approximate surface area is 113 Å². The van der Waals surface area contributed by atoms with E-state index in [-0.39, 0.29) is 5.60 Å². The number of rotatable bonds is 8. The molecule has 0 aromatic rings. The van der Waals surface area contributed by atoms with Gasteiger partial charge in [-0.3, -0.25) is 0 Å². The molecule has 0 aliphatic carbocycles. The van der Waals surface area contributed by atoms with Crippen molar-refractivity contribution >= 4 is 5.97 Å². The number of carbonyl (C=O) groups excluding carboxylic acids is 1. The summed E-state index contributed by atoms with van der Waals surface area (Å²) in [5, 5.41) is 0. The monoisotopic (exact) mass is 270 g/mol. The van der Waals surface area contributed by atoms with Gasteiger partial charge < -0.3 is 18.9 Å². The average molecular weight is 270 g/mol. The Kier molecular flexibility index (Phi) is 3.99. The normalized spacial score (nSPS) is 35.8. The summed E-state index contributed by atoms with van der Waals surface area (Å²) in [4.78, 5) is 11.4. The van der Waals surface area contributed by atoms with Crippen LogP contribution in [0.5, 0.6) is 0 Å². The van der Waals surface area contributed by atoms with Gasteiger partial charge in [-0.1, -0.05) is 20.4 Å². The first-order valence-corrected chi connectivity index (χ1v) is 6.73. The highest BCUT2D eigenvalue weighted by atomic mass is 16.8. The minimum atomic E-state index is -0.514. The lowest BCUT2D eigenvalue weighted by atomic mass is 10.1. The molecule has 0 bridgehead atoms. The van der Waals surface area contributed by atoms with E-state index in [1.54, 1.807) is 6.92 Å². The lowest BCUT2D eigenvalue weighted by molar-refractivity contribution is -0.143. The molecule has 5 heteroatoms. The quantitative estimate of drug-likeness (QED) is 0.382. The molecule has 0 aromatic heterocycles. The molecular formula is C14H22O5. The Hall–Kier alpha value is -0.910. The topological polar surface area (TPSA) is 60.6 Å². The molecule has 2 aliphatic heterocycles. The number of hydrogen-bond donors (Lipinski definition) is 0. The lowest BCUT2D eigenvalue weighted by Gasteiger charge is -2.13. The van der Waals surface area contributed by atoms with Gasteiger partial charge in [0.15, 0.2) is 5.60 Å². The second-order valence-electron chi connectivity index (χ2n) is 5.37. The largest absolute Gasteiger partial charge is 0.429 e. The second-order valence-corrected chi connectivity index (χ2v) is 5.37. The zero-order chi connectivity index (χ0) is 14.1. The molecule has 0 aromatic carbocycles. The van der Waals surface area contributed by atoms with Crippen molar-refractivity contribution in [2.75, 3.05) is 19.8 Å². The van der Waals surface area contributed by atoms with Gasteiger partial charge in [0.05, 0.1) is 19.8 Å². The van der Waals surface area contributed by atoms with Gasteiger partial charge in [-0.05, 0) is 19.8 Å². The van der Waals surface area contributed by atoms with Gasteiger partial charge in [0.1, 0.15) is 5.60 Å². The number of hydrogen-bond acceptors (Lipinski definition) is 5. The summed E-state index contributed by atoms with van der Waals surface area (Å²) in [7, 11) is 0. The summed E-state index contributed by atoms with van der Waals surface area (Å²) in [5.74, 6) is -0.420. The van der Waals surface area contributed by atoms with E-state index in [1.807, 2.05) is 6.92 Å². The van der Waals surface area contributed by atoms with Crippen LogP contribution in [0.3, 0.4) is 0 Å². The van der Waals surface area contributed by atoms with Gasteiger partial charge in [-0.25, -0.2) is 4.79 Å². The minimum Gasteiger partial charge on any atom is -0.429 e. The maximum absolute atomic E-state index is 11.4. The predicted octanol–water partition coefficient (Wildman–Crippen LogP) is 1.81. The fourth-order valence-electron chi connectivity index (χ4n) is 1.86. The molecular weight excluding hydrogens is 248 g/mol. The average Bonchev–Trinajstić information content (AvgIpc) is 3.28. The molecule has 19 heavy (non-hydrogen) atoms. The molecule has 2 heterocycles. The van der Waals surface area contributed by atoms with Crippen LogP contribution in [0.25, 0.3) is 0 Å². The third kappa shape index (κ3) is 3.16. The van der Waals surface area contributed by atoms with Gasteiger partial charge in [0.25, 0.3) is 0 Å². The summed E-state index contributed by atoms with van der Waals surface area (Å²) >= 11 is 0. The van der Waals surface area contributed by atoms with Gasteiger partial charge in [-0.15, -0.1) is 0 Å². The van der Waals surface area contributed by atoms with Crippen molar-refractivity contribution in [3.8, 4) is 0 Å². The van der Waals surface area contributed by atoms with E-state index in [4.69, 9.17) is 18.9 Å². The van der Waals surface area contributed by atoms with Crippen molar-refractivity contribution in [2.45, 2.75) is 51.1 Å². The van der Waals surface area contributed by atoms with Crippen LogP contribution in [0, 0.1) is 0 Å². The van der Waals surface area contributed by atoms with Crippen LogP contribution >= 0.6 is 0 Å². The molecule has 108 valence electrons. The zero-order valence-corrected chi connectivity index (χ0v) is 11.9. The smallest absolute Gasteiger partial charge is 0.335 e. The molecule has 0 radical (unpaired) electrons. The van der Waals surface area contributed by atoms with Crippen molar-refractivity contribution in [3.05, 3.63) is 12.2 Å². The van der Waals surface area contributed by atoms with E-state index in [9.17, 15) is 4.79 Å². The molecule has 5 nitrogen and oxygen atoms in total. The fraction of sp³-hybridized carbons (Fsp3) is 0.786. The van der Waals surface area contributed by atoms with Crippen LogP contribution in [-0.2, 0) is 23.7 Å². The Morgan fingerprint density at radius 3 is 2.53 bits per heavy atom. The van der Waals surface area contributed by atoms with Crippen LogP contribution in [0.4, 0.5) is 0 Å². The zero-order valence-electron chi connectivity index (χ0n) is 11.9. The first-order valence-electron chi connectivity index (χ1n) is 6.73. The summed E-state index contributed by atoms with van der Waals surface area (Å²) in [6, 6.07) is 0. The summed E-state index contributed by atoms with van der Waals surface area (Å²) in [5.41, 5.74) is -0.208. The van der Waals surface area contributed by atoms with Crippen LogP contribution in [0.15, 0.2) is 12.2 Å². The summed E-state index contributed by atoms with van der Waals surface area (Å²) in [6.45, 7) is 11.0. The molecule has 2 rings (SSSR count). The Morgan fingerprint density at radius 1 is 1.37 bits per heavy atom. The van der Waals surface area contributed by atoms with Gasteiger partial charge >= 0.3 is 5.97 Å². The number of epoxide rings is 2. The van der Waals surface area contributed by atoms with Gasteiger partial charge in [0.2, 0.25) is 6.29 Å². The maximum Gasteiger partial charge on any atom is 0.335 e. The Balaban J connectivity index is 1.75. The van der Waals surface area contributed by atoms with E-state index in [0.717, 1.165) is 19.4 Å². The van der Waals surface area contributed by atoms with Crippen LogP contribution in [0.1, 0.15) is 33.6 Å². The van der Waals surface area contributed by atoms with E-state index in [1.165, 1.54) is 0 Å². The SMILES string of the molecule is C=C(C)C(=O)OC1OC1(CC)COCC1(CC)CO1. The lowest BCUT2D eigenvalue weighted by Crippen LogP contribution is -2.28. The first kappa shape index (κ1) is 14.5. The number of carbonyl (C=O) groups is 1. The number of esters is 1. The molecule has 3 unspecified atom stereocenters. The predicted molar refractivity (Wildman–Crippen MR) is 68.6 cm³/mol. The Morgan fingerprint density at radius 2 is 2.05 bits per heavy atom. The maximum atomic E-state index is 11.4. The first-order chi connectivity index (χ1) is 8.97. The molecule has 0 amide bonds. The Bertz CT molecular complexity index is 374. The van der Waals surface area contributed by atoms with E-state index < -0.39 is 17.9 Å². The van der Waals surface area contributed by atoms with E-state index >= 15 is 0 Å². The van der Waals surface area contributed by atoms with Crippen LogP contribution in [0.2, 0.25) is 0 Å². The molecule has 0 spiro atoms. The third-order valence-corrected chi connectivity index (χ3v) is 3.78. The molecule has 3 atom stereocenters. The molecule has 0 N–H and O–H groups in total. The molecule has 2 saturated heterocycles. The van der Waals surface area contributed by atoms with Crippen molar-refractivity contribution in [1.29, 1.82) is 0 Å². The highest BCUT2D eigenvalue weighted by Gasteiger charge is 2.59. The van der Waals surface area contributed by atoms with Gasteiger partial charge in [0, 0.05) is 5.57 Å². The minimum absolute atomic E-state index is 0.0896. The summed E-state index contributed by atoms with van der Waals surface area (Å²) < 4.78 is 21.7. The van der Waals surface area contributed by atoms with Crippen molar-refractivity contribution < 1.29 is 23.7 Å².